The van der Waals surface area contributed by atoms with E-state index in [1.54, 1.807) is 7.11 Å². The van der Waals surface area contributed by atoms with Crippen LogP contribution in [0.3, 0.4) is 0 Å². The highest BCUT2D eigenvalue weighted by Crippen LogP contribution is 2.44. The van der Waals surface area contributed by atoms with Crippen LogP contribution < -0.4 is 9.16 Å². The lowest BCUT2D eigenvalue weighted by atomic mass is 9.96. The molecule has 3 nitrogen and oxygen atoms in total. The maximum atomic E-state index is 6.60. The van der Waals surface area contributed by atoms with Crippen LogP contribution in [0.2, 0.25) is 18.1 Å². The van der Waals surface area contributed by atoms with Crippen molar-refractivity contribution >= 4 is 41.9 Å². The third-order valence-electron chi connectivity index (χ3n) is 5.85. The first-order chi connectivity index (χ1) is 12.4. The smallest absolute Gasteiger partial charge is 0.250 e. The summed E-state index contributed by atoms with van der Waals surface area (Å²) in [7, 11) is -0.247. The molecule has 5 heteroatoms. The lowest BCUT2D eigenvalue weighted by molar-refractivity contribution is 0.382. The molecule has 0 aliphatic heterocycles. The van der Waals surface area contributed by atoms with E-state index in [0.29, 0.717) is 11.8 Å². The van der Waals surface area contributed by atoms with Gasteiger partial charge in [-0.2, -0.15) is 0 Å². The number of benzene rings is 1. The van der Waals surface area contributed by atoms with Gasteiger partial charge in [0, 0.05) is 21.3 Å². The SMILES string of the molecule is COc1c(O[Si](C)(C)C(C)(C)C)cc2cc([C@@H](C)C[C@H](C)CI)oc2c1C. The Morgan fingerprint density at radius 1 is 1.19 bits per heavy atom. The van der Waals surface area contributed by atoms with Crippen LogP contribution in [0.15, 0.2) is 16.5 Å². The molecule has 152 valence electrons. The number of hydrogen-bond acceptors (Lipinski definition) is 3. The van der Waals surface area contributed by atoms with Crippen LogP contribution in [0.5, 0.6) is 11.5 Å². The van der Waals surface area contributed by atoms with E-state index in [2.05, 4.69) is 89.4 Å². The quantitative estimate of drug-likeness (QED) is 0.221. The summed E-state index contributed by atoms with van der Waals surface area (Å²) in [5.41, 5.74) is 1.93. The highest BCUT2D eigenvalue weighted by atomic mass is 127. The predicted octanol–water partition coefficient (Wildman–Crippen LogP) is 7.70. The van der Waals surface area contributed by atoms with Crippen LogP contribution in [-0.2, 0) is 0 Å². The van der Waals surface area contributed by atoms with Gasteiger partial charge in [-0.1, -0.05) is 57.2 Å². The summed E-state index contributed by atoms with van der Waals surface area (Å²) in [4.78, 5) is 0. The van der Waals surface area contributed by atoms with E-state index in [4.69, 9.17) is 13.6 Å². The second-order valence-corrected chi connectivity index (χ2v) is 15.0. The van der Waals surface area contributed by atoms with Crippen LogP contribution in [0, 0.1) is 12.8 Å². The Balaban J connectivity index is 2.48. The van der Waals surface area contributed by atoms with Gasteiger partial charge in [-0.3, -0.25) is 0 Å². The molecule has 0 spiro atoms. The summed E-state index contributed by atoms with van der Waals surface area (Å²) in [6.45, 7) is 17.9. The molecule has 1 aromatic heterocycles. The molecule has 0 aliphatic rings. The van der Waals surface area contributed by atoms with E-state index in [-0.39, 0.29) is 5.04 Å². The third-order valence-corrected chi connectivity index (χ3v) is 11.7. The number of ether oxygens (including phenoxy) is 1. The number of alkyl halides is 1. The summed E-state index contributed by atoms with van der Waals surface area (Å²) in [5.74, 6) is 3.77. The first-order valence-corrected chi connectivity index (χ1v) is 14.2. The zero-order chi connectivity index (χ0) is 20.6. The summed E-state index contributed by atoms with van der Waals surface area (Å²) in [6.07, 6.45) is 1.13. The van der Waals surface area contributed by atoms with Gasteiger partial charge in [0.2, 0.25) is 0 Å². The maximum Gasteiger partial charge on any atom is 0.250 e. The Bertz CT molecular complexity index is 789. The zero-order valence-corrected chi connectivity index (χ0v) is 21.5. The van der Waals surface area contributed by atoms with Crippen LogP contribution >= 0.6 is 22.6 Å². The van der Waals surface area contributed by atoms with Crippen molar-refractivity contribution in [2.24, 2.45) is 5.92 Å². The van der Waals surface area contributed by atoms with Crippen LogP contribution in [0.1, 0.15) is 58.3 Å². The first kappa shape index (κ1) is 22.6. The summed E-state index contributed by atoms with van der Waals surface area (Å²) < 4.78 is 19.8. The van der Waals surface area contributed by atoms with E-state index in [9.17, 15) is 0 Å². The molecule has 2 aromatic rings. The topological polar surface area (TPSA) is 31.6 Å². The lowest BCUT2D eigenvalue weighted by Crippen LogP contribution is -2.43. The highest BCUT2D eigenvalue weighted by molar-refractivity contribution is 14.1. The molecule has 0 radical (unpaired) electrons. The molecule has 2 rings (SSSR count). The highest BCUT2D eigenvalue weighted by Gasteiger charge is 2.40. The number of methoxy groups -OCH3 is 1. The molecular formula is C22H35IO3Si. The molecule has 0 aliphatic carbocycles. The summed E-state index contributed by atoms with van der Waals surface area (Å²) in [5, 5.41) is 1.23. The normalized spacial score (nSPS) is 15.0. The van der Waals surface area contributed by atoms with Crippen molar-refractivity contribution in [3.8, 4) is 11.5 Å². The molecule has 1 aromatic carbocycles. The van der Waals surface area contributed by atoms with E-state index < -0.39 is 8.32 Å². The van der Waals surface area contributed by atoms with Gasteiger partial charge in [0.1, 0.15) is 17.1 Å². The van der Waals surface area contributed by atoms with Crippen LogP contribution in [0.25, 0.3) is 11.0 Å². The van der Waals surface area contributed by atoms with Gasteiger partial charge < -0.3 is 13.6 Å². The average molecular weight is 503 g/mol. The van der Waals surface area contributed by atoms with E-state index >= 15 is 0 Å². The second-order valence-electron chi connectivity index (χ2n) is 9.36. The van der Waals surface area contributed by atoms with Crippen molar-refractivity contribution < 1.29 is 13.6 Å². The molecule has 2 atom stereocenters. The number of furan rings is 1. The molecule has 0 saturated carbocycles. The van der Waals surface area contributed by atoms with Crippen LogP contribution in [-0.4, -0.2) is 19.9 Å². The molecule has 0 N–H and O–H groups in total. The monoisotopic (exact) mass is 502 g/mol. The molecule has 0 fully saturated rings. The largest absolute Gasteiger partial charge is 0.541 e. The zero-order valence-electron chi connectivity index (χ0n) is 18.3. The first-order valence-electron chi connectivity index (χ1n) is 9.77. The second kappa shape index (κ2) is 8.35. The van der Waals surface area contributed by atoms with Gasteiger partial charge in [0.05, 0.1) is 7.11 Å². The Kier molecular flexibility index (Phi) is 6.99. The van der Waals surface area contributed by atoms with E-state index in [0.717, 1.165) is 40.2 Å². The number of hydrogen-bond donors (Lipinski definition) is 0. The minimum absolute atomic E-state index is 0.131. The van der Waals surface area contributed by atoms with Crippen LogP contribution in [0.4, 0.5) is 0 Å². The number of rotatable bonds is 7. The van der Waals surface area contributed by atoms with Crippen molar-refractivity contribution in [1.29, 1.82) is 0 Å². The van der Waals surface area contributed by atoms with Crippen molar-refractivity contribution in [3.63, 3.8) is 0 Å². The maximum absolute atomic E-state index is 6.60. The van der Waals surface area contributed by atoms with E-state index in [1.165, 1.54) is 4.43 Å². The molecule has 0 bridgehead atoms. The van der Waals surface area contributed by atoms with E-state index in [1.807, 2.05) is 0 Å². The number of aryl methyl sites for hydroxylation is 1. The molecule has 0 saturated heterocycles. The molecule has 0 amide bonds. The molecular weight excluding hydrogens is 467 g/mol. The fraction of sp³-hybridized carbons (Fsp3) is 0.636. The van der Waals surface area contributed by atoms with Gasteiger partial charge in [0.15, 0.2) is 5.75 Å². The van der Waals surface area contributed by atoms with Crippen molar-refractivity contribution in [1.82, 2.24) is 0 Å². The Hall–Kier alpha value is -0.693. The lowest BCUT2D eigenvalue weighted by Gasteiger charge is -2.37. The Labute approximate surface area is 179 Å². The third kappa shape index (κ3) is 4.84. The average Bonchev–Trinajstić information content (AvgIpc) is 2.98. The minimum atomic E-state index is -1.96. The van der Waals surface area contributed by atoms with Crippen molar-refractivity contribution in [2.75, 3.05) is 11.5 Å². The predicted molar refractivity (Wildman–Crippen MR) is 126 cm³/mol. The van der Waals surface area contributed by atoms with Gasteiger partial charge in [-0.05, 0) is 49.5 Å². The standard InChI is InChI=1S/C22H35IO3Si/c1-14(13-23)10-15(2)18-11-17-12-19(26-27(8,9)22(4,5)6)21(24-7)16(3)20(17)25-18/h11-12,14-15H,10,13H2,1-9H3/t14-,15-/m0/s1. The van der Waals surface area contributed by atoms with Gasteiger partial charge in [0.25, 0.3) is 8.32 Å². The molecule has 0 unspecified atom stereocenters. The fourth-order valence-electron chi connectivity index (χ4n) is 3.10. The summed E-state index contributed by atoms with van der Waals surface area (Å²) in [6, 6.07) is 4.29. The van der Waals surface area contributed by atoms with Gasteiger partial charge in [-0.25, -0.2) is 0 Å². The summed E-state index contributed by atoms with van der Waals surface area (Å²) >= 11 is 2.46. The van der Waals surface area contributed by atoms with Gasteiger partial charge in [-0.15, -0.1) is 0 Å². The Morgan fingerprint density at radius 3 is 2.33 bits per heavy atom. The number of halogens is 1. The van der Waals surface area contributed by atoms with Crippen molar-refractivity contribution in [3.05, 3.63) is 23.5 Å². The molecule has 1 heterocycles. The molecule has 27 heavy (non-hydrogen) atoms. The van der Waals surface area contributed by atoms with Crippen molar-refractivity contribution in [2.45, 2.75) is 72.0 Å². The number of fused-ring (bicyclic) bond motifs is 1. The fourth-order valence-corrected chi connectivity index (χ4v) is 4.47. The van der Waals surface area contributed by atoms with Gasteiger partial charge >= 0.3 is 0 Å². The minimum Gasteiger partial charge on any atom is -0.541 e. The Morgan fingerprint density at radius 2 is 1.81 bits per heavy atom.